The lowest BCUT2D eigenvalue weighted by Crippen LogP contribution is -2.53. The van der Waals surface area contributed by atoms with Crippen molar-refractivity contribution in [1.82, 2.24) is 4.90 Å². The number of carbonyl (C=O) groups is 1. The van der Waals surface area contributed by atoms with Gasteiger partial charge in [0.05, 0.1) is 24.9 Å². The minimum absolute atomic E-state index is 0.00890. The summed E-state index contributed by atoms with van der Waals surface area (Å²) in [6.45, 7) is 5.95. The van der Waals surface area contributed by atoms with Gasteiger partial charge in [-0.1, -0.05) is 24.3 Å². The van der Waals surface area contributed by atoms with Gasteiger partial charge in [0, 0.05) is 30.6 Å². The van der Waals surface area contributed by atoms with Crippen LogP contribution in [-0.4, -0.2) is 47.4 Å². The van der Waals surface area contributed by atoms with Gasteiger partial charge in [-0.05, 0) is 50.5 Å². The first-order valence-corrected chi connectivity index (χ1v) is 10.9. The molecule has 0 radical (unpaired) electrons. The third-order valence-corrected chi connectivity index (χ3v) is 7.13. The van der Waals surface area contributed by atoms with Crippen molar-refractivity contribution in [2.75, 3.05) is 13.7 Å². The van der Waals surface area contributed by atoms with Crippen molar-refractivity contribution >= 4 is 5.97 Å². The van der Waals surface area contributed by atoms with E-state index in [2.05, 4.69) is 24.8 Å². The molecule has 0 saturated carbocycles. The van der Waals surface area contributed by atoms with Crippen LogP contribution in [0.15, 0.2) is 42.5 Å². The number of benzene rings is 2. The van der Waals surface area contributed by atoms with E-state index >= 15 is 0 Å². The van der Waals surface area contributed by atoms with Gasteiger partial charge in [-0.25, -0.2) is 4.79 Å². The molecule has 2 aromatic carbocycles. The maximum atomic E-state index is 11.3. The molecule has 2 saturated heterocycles. The van der Waals surface area contributed by atoms with Crippen molar-refractivity contribution in [3.63, 3.8) is 0 Å². The molecule has 3 heterocycles. The molecule has 6 nitrogen and oxygen atoms in total. The molecule has 0 aromatic heterocycles. The predicted molar refractivity (Wildman–Crippen MR) is 116 cm³/mol. The van der Waals surface area contributed by atoms with Gasteiger partial charge in [0.15, 0.2) is 11.5 Å². The molecule has 5 rings (SSSR count). The number of carboxylic acid groups (broad SMARTS) is 1. The number of hydrogen-bond acceptors (Lipinski definition) is 5. The summed E-state index contributed by atoms with van der Waals surface area (Å²) in [6.07, 6.45) is 2.12. The molecule has 0 unspecified atom stereocenters. The Morgan fingerprint density at radius 2 is 2.06 bits per heavy atom. The molecule has 2 aromatic rings. The van der Waals surface area contributed by atoms with E-state index in [4.69, 9.17) is 14.2 Å². The molecule has 31 heavy (non-hydrogen) atoms. The zero-order chi connectivity index (χ0) is 21.8. The first-order chi connectivity index (χ1) is 14.9. The standard InChI is InChI=1S/C25H29NO5/c1-25(2)18-13-19-20(30-22(18)17-8-5-9-21(29-3)23(17)31-25)10-11-26(19)14-15-6-4-7-16(12-15)24(27)28/h4-9,12,18-20,22H,10-11,13-14H2,1-3H3,(H,27,28)/t18-,19+,20-,22+/m0/s1. The van der Waals surface area contributed by atoms with Gasteiger partial charge >= 0.3 is 5.97 Å². The lowest BCUT2D eigenvalue weighted by atomic mass is 9.74. The zero-order valence-corrected chi connectivity index (χ0v) is 18.2. The fourth-order valence-electron chi connectivity index (χ4n) is 5.55. The molecular formula is C25H29NO5. The molecule has 1 N–H and O–H groups in total. The minimum atomic E-state index is -0.889. The number of carboxylic acids is 1. The first kappa shape index (κ1) is 20.3. The molecule has 3 aliphatic rings. The fourth-order valence-corrected chi connectivity index (χ4v) is 5.55. The fraction of sp³-hybridized carbons (Fsp3) is 0.480. The quantitative estimate of drug-likeness (QED) is 0.792. The average Bonchev–Trinajstić information content (AvgIpc) is 3.14. The highest BCUT2D eigenvalue weighted by molar-refractivity contribution is 5.87. The highest BCUT2D eigenvalue weighted by Gasteiger charge is 2.53. The van der Waals surface area contributed by atoms with Gasteiger partial charge in [0.1, 0.15) is 5.60 Å². The summed E-state index contributed by atoms with van der Waals surface area (Å²) in [5.41, 5.74) is 2.06. The first-order valence-electron chi connectivity index (χ1n) is 10.9. The molecule has 6 heteroatoms. The number of nitrogens with zero attached hydrogens (tertiary/aromatic N) is 1. The van der Waals surface area contributed by atoms with Gasteiger partial charge in [-0.2, -0.15) is 0 Å². The smallest absolute Gasteiger partial charge is 0.335 e. The summed E-state index contributed by atoms with van der Waals surface area (Å²) >= 11 is 0. The number of methoxy groups -OCH3 is 1. The van der Waals surface area contributed by atoms with Gasteiger partial charge < -0.3 is 19.3 Å². The van der Waals surface area contributed by atoms with Gasteiger partial charge in [0.2, 0.25) is 0 Å². The van der Waals surface area contributed by atoms with E-state index < -0.39 is 5.97 Å². The van der Waals surface area contributed by atoms with Gasteiger partial charge in [0.25, 0.3) is 0 Å². The second-order valence-corrected chi connectivity index (χ2v) is 9.35. The summed E-state index contributed by atoms with van der Waals surface area (Å²) in [5, 5.41) is 9.31. The van der Waals surface area contributed by atoms with Gasteiger partial charge in [-0.15, -0.1) is 0 Å². The lowest BCUT2D eigenvalue weighted by Gasteiger charge is -2.51. The normalized spacial score (nSPS) is 28.7. The van der Waals surface area contributed by atoms with Crippen molar-refractivity contribution in [1.29, 1.82) is 0 Å². The Hall–Kier alpha value is -2.57. The van der Waals surface area contributed by atoms with Crippen LogP contribution in [-0.2, 0) is 11.3 Å². The Bertz CT molecular complexity index is 1000. The van der Waals surface area contributed by atoms with Crippen molar-refractivity contribution in [2.24, 2.45) is 5.92 Å². The number of rotatable bonds is 4. The Morgan fingerprint density at radius 3 is 2.84 bits per heavy atom. The Balaban J connectivity index is 1.40. The number of para-hydroxylation sites is 1. The van der Waals surface area contributed by atoms with E-state index in [1.165, 1.54) is 0 Å². The molecule has 0 amide bonds. The lowest BCUT2D eigenvalue weighted by molar-refractivity contribution is -0.163. The summed E-state index contributed by atoms with van der Waals surface area (Å²) < 4.78 is 18.8. The van der Waals surface area contributed by atoms with Crippen LogP contribution >= 0.6 is 0 Å². The molecule has 2 fully saturated rings. The van der Waals surface area contributed by atoms with E-state index in [0.29, 0.717) is 11.6 Å². The van der Waals surface area contributed by atoms with E-state index in [0.717, 1.165) is 48.6 Å². The maximum absolute atomic E-state index is 11.3. The summed E-state index contributed by atoms with van der Waals surface area (Å²) in [7, 11) is 1.67. The average molecular weight is 424 g/mol. The number of aromatic carboxylic acids is 1. The SMILES string of the molecule is COc1cccc2c1OC(C)(C)[C@H]1C[C@@H]3[C@H](CCN3Cc3cccc(C(=O)O)c3)O[C@H]21. The van der Waals surface area contributed by atoms with Crippen molar-refractivity contribution in [3.8, 4) is 11.5 Å². The summed E-state index contributed by atoms with van der Waals surface area (Å²) in [6, 6.07) is 13.6. The third kappa shape index (κ3) is 3.48. The molecule has 0 aliphatic carbocycles. The van der Waals surface area contributed by atoms with Crippen LogP contribution in [0, 0.1) is 5.92 Å². The van der Waals surface area contributed by atoms with Crippen LogP contribution in [0.4, 0.5) is 0 Å². The topological polar surface area (TPSA) is 68.2 Å². The Morgan fingerprint density at radius 1 is 1.26 bits per heavy atom. The molecule has 0 spiro atoms. The van der Waals surface area contributed by atoms with Gasteiger partial charge in [-0.3, -0.25) is 4.90 Å². The molecule has 0 bridgehead atoms. The minimum Gasteiger partial charge on any atom is -0.493 e. The molecule has 3 aliphatic heterocycles. The summed E-state index contributed by atoms with van der Waals surface area (Å²) in [5.74, 6) is 0.885. The van der Waals surface area contributed by atoms with Crippen LogP contribution in [0.2, 0.25) is 0 Å². The number of likely N-dealkylation sites (tertiary alicyclic amines) is 1. The van der Waals surface area contributed by atoms with Crippen LogP contribution < -0.4 is 9.47 Å². The second kappa shape index (κ2) is 7.53. The van der Waals surface area contributed by atoms with Crippen molar-refractivity contribution in [2.45, 2.75) is 57.1 Å². The monoisotopic (exact) mass is 423 g/mol. The van der Waals surface area contributed by atoms with Crippen LogP contribution in [0.1, 0.15) is 54.3 Å². The highest BCUT2D eigenvalue weighted by atomic mass is 16.5. The number of hydrogen-bond donors (Lipinski definition) is 1. The van der Waals surface area contributed by atoms with E-state index in [1.807, 2.05) is 24.3 Å². The van der Waals surface area contributed by atoms with E-state index in [1.54, 1.807) is 19.2 Å². The Labute approximate surface area is 182 Å². The molecular weight excluding hydrogens is 394 g/mol. The third-order valence-electron chi connectivity index (χ3n) is 7.13. The predicted octanol–water partition coefficient (Wildman–Crippen LogP) is 4.29. The number of fused-ring (bicyclic) bond motifs is 4. The van der Waals surface area contributed by atoms with Crippen LogP contribution in [0.25, 0.3) is 0 Å². The largest absolute Gasteiger partial charge is 0.493 e. The van der Waals surface area contributed by atoms with Crippen molar-refractivity contribution < 1.29 is 24.1 Å². The second-order valence-electron chi connectivity index (χ2n) is 9.35. The Kier molecular flexibility index (Phi) is 4.94. The van der Waals surface area contributed by atoms with Crippen LogP contribution in [0.3, 0.4) is 0 Å². The van der Waals surface area contributed by atoms with E-state index in [9.17, 15) is 9.90 Å². The van der Waals surface area contributed by atoms with Crippen LogP contribution in [0.5, 0.6) is 11.5 Å². The summed E-state index contributed by atoms with van der Waals surface area (Å²) in [4.78, 5) is 13.8. The molecule has 164 valence electrons. The maximum Gasteiger partial charge on any atom is 0.335 e. The molecule has 4 atom stereocenters. The number of ether oxygens (including phenoxy) is 3. The zero-order valence-electron chi connectivity index (χ0n) is 18.2. The van der Waals surface area contributed by atoms with Crippen molar-refractivity contribution in [3.05, 3.63) is 59.2 Å². The van der Waals surface area contributed by atoms with E-state index in [-0.39, 0.29) is 23.7 Å². The highest BCUT2D eigenvalue weighted by Crippen LogP contribution is 2.54.